The third-order valence-electron chi connectivity index (χ3n) is 3.41. The zero-order valence-electron chi connectivity index (χ0n) is 14.3. The van der Waals surface area contributed by atoms with Crippen LogP contribution in [0.3, 0.4) is 0 Å². The molecule has 22 heavy (non-hydrogen) atoms. The Hall–Kier alpha value is 0.380. The molecule has 1 unspecified atom stereocenters. The summed E-state index contributed by atoms with van der Waals surface area (Å²) in [6.07, 6.45) is 11.3. The SMILES string of the molecule is CCCCCCCCCCCCC(OC(C)=O)S(=O)(=O)[O-].[Na+]. The van der Waals surface area contributed by atoms with Crippen molar-refractivity contribution >= 4 is 16.1 Å². The summed E-state index contributed by atoms with van der Waals surface area (Å²) in [5, 5.41) is 0. The minimum Gasteiger partial charge on any atom is -0.745 e. The molecule has 5 nitrogen and oxygen atoms in total. The molecule has 0 radical (unpaired) electrons. The van der Waals surface area contributed by atoms with E-state index in [9.17, 15) is 17.8 Å². The second-order valence-corrected chi connectivity index (χ2v) is 7.01. The van der Waals surface area contributed by atoms with E-state index in [0.29, 0.717) is 6.42 Å². The molecule has 7 heteroatoms. The minimum absolute atomic E-state index is 0. The second kappa shape index (κ2) is 14.9. The maximum Gasteiger partial charge on any atom is 1.00 e. The van der Waals surface area contributed by atoms with E-state index in [0.717, 1.165) is 26.2 Å². The Labute approximate surface area is 157 Å². The van der Waals surface area contributed by atoms with Crippen LogP contribution in [0.15, 0.2) is 0 Å². The van der Waals surface area contributed by atoms with E-state index in [1.54, 1.807) is 0 Å². The molecule has 0 aliphatic carbocycles. The molecule has 0 saturated heterocycles. The Morgan fingerprint density at radius 2 is 1.36 bits per heavy atom. The Balaban J connectivity index is 0. The predicted octanol–water partition coefficient (Wildman–Crippen LogP) is 0.736. The molecule has 0 spiro atoms. The zero-order chi connectivity index (χ0) is 16.1. The number of carbonyl (C=O) groups is 1. The van der Waals surface area contributed by atoms with Crippen LogP contribution in [0, 0.1) is 0 Å². The van der Waals surface area contributed by atoms with Gasteiger partial charge in [-0.05, 0) is 12.8 Å². The topological polar surface area (TPSA) is 83.5 Å². The maximum atomic E-state index is 10.9. The van der Waals surface area contributed by atoms with Crippen molar-refractivity contribution in [1.29, 1.82) is 0 Å². The summed E-state index contributed by atoms with van der Waals surface area (Å²) >= 11 is 0. The fourth-order valence-electron chi connectivity index (χ4n) is 2.25. The van der Waals surface area contributed by atoms with E-state index in [1.165, 1.54) is 38.5 Å². The smallest absolute Gasteiger partial charge is 0.745 e. The summed E-state index contributed by atoms with van der Waals surface area (Å²) in [6, 6.07) is 0. The molecule has 0 heterocycles. The predicted molar refractivity (Wildman–Crippen MR) is 81.7 cm³/mol. The molecule has 0 saturated carbocycles. The molecule has 0 bridgehead atoms. The van der Waals surface area contributed by atoms with Crippen LogP contribution < -0.4 is 29.6 Å². The van der Waals surface area contributed by atoms with Crippen molar-refractivity contribution in [1.82, 2.24) is 0 Å². The Bertz CT molecular complexity index is 370. The van der Waals surface area contributed by atoms with Crippen molar-refractivity contribution in [2.24, 2.45) is 0 Å². The fraction of sp³-hybridized carbons (Fsp3) is 0.933. The van der Waals surface area contributed by atoms with Crippen molar-refractivity contribution < 1.29 is 52.1 Å². The summed E-state index contributed by atoms with van der Waals surface area (Å²) in [4.78, 5) is 10.8. The standard InChI is InChI=1S/C15H30O5S.Na/c1-3-4-5-6-7-8-9-10-11-12-13-15(20-14(2)16)21(17,18)19;/h15H,3-13H2,1-2H3,(H,17,18,19);/q;+1/p-1. The molecule has 0 amide bonds. The average molecular weight is 344 g/mol. The van der Waals surface area contributed by atoms with Gasteiger partial charge in [0.05, 0.1) is 0 Å². The molecule has 0 N–H and O–H groups in total. The molecule has 0 rings (SSSR count). The largest absolute Gasteiger partial charge is 1.00 e. The molecule has 0 aliphatic heterocycles. The first-order valence-electron chi connectivity index (χ1n) is 8.00. The Kier molecular flexibility index (Phi) is 16.7. The molecule has 0 aromatic rings. The number of carbonyl (C=O) groups excluding carboxylic acids is 1. The van der Waals surface area contributed by atoms with Crippen LogP contribution >= 0.6 is 0 Å². The first kappa shape index (κ1) is 24.6. The van der Waals surface area contributed by atoms with E-state index in [-0.39, 0.29) is 36.0 Å². The summed E-state index contributed by atoms with van der Waals surface area (Å²) in [6.45, 7) is 3.31. The molecule has 1 atom stereocenters. The number of esters is 1. The van der Waals surface area contributed by atoms with Gasteiger partial charge in [0.2, 0.25) is 0 Å². The third kappa shape index (κ3) is 15.3. The first-order chi connectivity index (χ1) is 9.88. The third-order valence-corrected chi connectivity index (χ3v) is 4.39. The van der Waals surface area contributed by atoms with Crippen LogP contribution in [0.2, 0.25) is 0 Å². The summed E-state index contributed by atoms with van der Waals surface area (Å²) in [5.41, 5.74) is -1.52. The molecular formula is C15H29NaO5S. The van der Waals surface area contributed by atoms with Crippen LogP contribution in [0.1, 0.15) is 84.5 Å². The Morgan fingerprint density at radius 1 is 0.955 bits per heavy atom. The molecule has 0 aromatic carbocycles. The summed E-state index contributed by atoms with van der Waals surface area (Å²) in [7, 11) is -4.56. The summed E-state index contributed by atoms with van der Waals surface area (Å²) in [5.74, 6) is -0.730. The van der Waals surface area contributed by atoms with E-state index in [1.807, 2.05) is 0 Å². The normalized spacial score (nSPS) is 12.5. The summed E-state index contributed by atoms with van der Waals surface area (Å²) < 4.78 is 37.3. The van der Waals surface area contributed by atoms with E-state index < -0.39 is 21.5 Å². The van der Waals surface area contributed by atoms with Gasteiger partial charge in [0, 0.05) is 6.92 Å². The van der Waals surface area contributed by atoms with Gasteiger partial charge < -0.3 is 9.29 Å². The average Bonchev–Trinajstić information content (AvgIpc) is 2.38. The van der Waals surface area contributed by atoms with Gasteiger partial charge in [-0.1, -0.05) is 64.7 Å². The first-order valence-corrected chi connectivity index (χ1v) is 9.47. The van der Waals surface area contributed by atoms with Crippen molar-refractivity contribution in [2.45, 2.75) is 89.9 Å². The van der Waals surface area contributed by atoms with Crippen LogP contribution in [0.5, 0.6) is 0 Å². The van der Waals surface area contributed by atoms with Gasteiger partial charge in [0.25, 0.3) is 0 Å². The van der Waals surface area contributed by atoms with E-state index in [4.69, 9.17) is 0 Å². The van der Waals surface area contributed by atoms with Gasteiger partial charge in [0.15, 0.2) is 5.44 Å². The van der Waals surface area contributed by atoms with Crippen molar-refractivity contribution in [2.75, 3.05) is 0 Å². The van der Waals surface area contributed by atoms with Crippen LogP contribution in [-0.4, -0.2) is 24.4 Å². The van der Waals surface area contributed by atoms with Crippen LogP contribution in [0.25, 0.3) is 0 Å². The monoisotopic (exact) mass is 344 g/mol. The van der Waals surface area contributed by atoms with Gasteiger partial charge in [-0.25, -0.2) is 8.42 Å². The molecular weight excluding hydrogens is 315 g/mol. The number of unbranched alkanes of at least 4 members (excludes halogenated alkanes) is 9. The molecule has 126 valence electrons. The van der Waals surface area contributed by atoms with Gasteiger partial charge in [-0.2, -0.15) is 0 Å². The second-order valence-electron chi connectivity index (χ2n) is 5.50. The van der Waals surface area contributed by atoms with Gasteiger partial charge in [0.1, 0.15) is 10.1 Å². The number of rotatable bonds is 13. The number of hydrogen-bond acceptors (Lipinski definition) is 5. The zero-order valence-corrected chi connectivity index (χ0v) is 17.1. The van der Waals surface area contributed by atoms with Crippen molar-refractivity contribution in [3.8, 4) is 0 Å². The van der Waals surface area contributed by atoms with Crippen molar-refractivity contribution in [3.63, 3.8) is 0 Å². The number of hydrogen-bond donors (Lipinski definition) is 0. The van der Waals surface area contributed by atoms with E-state index >= 15 is 0 Å². The fourth-order valence-corrected chi connectivity index (χ4v) is 2.95. The van der Waals surface area contributed by atoms with Crippen LogP contribution in [-0.2, 0) is 19.6 Å². The van der Waals surface area contributed by atoms with Gasteiger partial charge >= 0.3 is 35.5 Å². The van der Waals surface area contributed by atoms with Gasteiger partial charge in [-0.15, -0.1) is 0 Å². The van der Waals surface area contributed by atoms with Crippen molar-refractivity contribution in [3.05, 3.63) is 0 Å². The van der Waals surface area contributed by atoms with Crippen LogP contribution in [0.4, 0.5) is 0 Å². The Morgan fingerprint density at radius 3 is 1.73 bits per heavy atom. The minimum atomic E-state index is -4.56. The van der Waals surface area contributed by atoms with E-state index in [2.05, 4.69) is 11.7 Å². The molecule has 0 fully saturated rings. The van der Waals surface area contributed by atoms with Gasteiger partial charge in [-0.3, -0.25) is 4.79 Å². The number of ether oxygens (including phenoxy) is 1. The quantitative estimate of drug-likeness (QED) is 0.213. The molecule has 0 aromatic heterocycles. The molecule has 0 aliphatic rings. The maximum absolute atomic E-state index is 10.9.